The van der Waals surface area contributed by atoms with Crippen LogP contribution in [0.25, 0.3) is 57.5 Å². The van der Waals surface area contributed by atoms with Crippen LogP contribution in [-0.2, 0) is 19.3 Å². The Bertz CT molecular complexity index is 2590. The Labute approximate surface area is 349 Å². The van der Waals surface area contributed by atoms with Crippen LogP contribution in [0.5, 0.6) is 5.75 Å². The van der Waals surface area contributed by atoms with Crippen LogP contribution in [0.2, 0.25) is 0 Å². The van der Waals surface area contributed by atoms with Gasteiger partial charge in [-0.05, 0) is 141 Å². The molecule has 0 aliphatic carbocycles. The van der Waals surface area contributed by atoms with E-state index < -0.39 is 0 Å². The number of nitrogens with one attached hydrogen (secondary N) is 2. The zero-order valence-electron chi connectivity index (χ0n) is 34.9. The van der Waals surface area contributed by atoms with Crippen molar-refractivity contribution in [3.63, 3.8) is 0 Å². The SMILES string of the molecule is CCCCCc1c2nc(c(CCCCC)c3ccc([nH]3)c(-c3ccc(N(c4ccccc4)c4ccc(O)cc4)cc3)c3nc(c(CCCCC)c4ccc1[nH]4)C=C3)C=C2. The number of phenolic OH excluding ortho intramolecular Hbond substituents is 1. The first kappa shape index (κ1) is 39.7. The maximum absolute atomic E-state index is 10.1. The third-order valence-corrected chi connectivity index (χ3v) is 11.7. The van der Waals surface area contributed by atoms with Gasteiger partial charge in [-0.25, -0.2) is 9.97 Å². The number of unbranched alkanes of at least 4 members (excludes halogenated alkanes) is 6. The maximum Gasteiger partial charge on any atom is 0.115 e. The molecule has 2 aliphatic heterocycles. The number of aromatic amines is 2. The smallest absolute Gasteiger partial charge is 0.115 e. The van der Waals surface area contributed by atoms with Gasteiger partial charge < -0.3 is 20.0 Å². The van der Waals surface area contributed by atoms with Crippen LogP contribution in [-0.4, -0.2) is 25.0 Å². The van der Waals surface area contributed by atoms with E-state index in [0.717, 1.165) is 124 Å². The molecule has 300 valence electrons. The van der Waals surface area contributed by atoms with E-state index in [1.165, 1.54) is 42.4 Å². The first-order chi connectivity index (χ1) is 29.0. The molecule has 0 saturated heterocycles. The largest absolute Gasteiger partial charge is 0.508 e. The van der Waals surface area contributed by atoms with Crippen molar-refractivity contribution in [3.05, 3.63) is 143 Å². The Hall–Kier alpha value is -6.14. The number of benzene rings is 3. The van der Waals surface area contributed by atoms with Crippen molar-refractivity contribution < 1.29 is 5.11 Å². The first-order valence-corrected chi connectivity index (χ1v) is 21.9. The van der Waals surface area contributed by atoms with Crippen LogP contribution in [0.15, 0.2) is 103 Å². The molecule has 3 aromatic heterocycles. The number of phenols is 1. The van der Waals surface area contributed by atoms with Gasteiger partial charge in [0.2, 0.25) is 0 Å². The molecule has 6 heteroatoms. The van der Waals surface area contributed by atoms with E-state index in [1.807, 2.05) is 18.2 Å². The predicted octanol–water partition coefficient (Wildman–Crippen LogP) is 14.7. The molecule has 8 bridgehead atoms. The van der Waals surface area contributed by atoms with E-state index in [2.05, 4.69) is 133 Å². The van der Waals surface area contributed by atoms with Crippen LogP contribution in [0, 0.1) is 0 Å². The van der Waals surface area contributed by atoms with E-state index in [4.69, 9.17) is 9.97 Å². The van der Waals surface area contributed by atoms with Crippen molar-refractivity contribution in [3.8, 4) is 16.9 Å². The molecular formula is C53H57N5O. The van der Waals surface area contributed by atoms with Crippen LogP contribution < -0.4 is 4.90 Å². The van der Waals surface area contributed by atoms with Gasteiger partial charge in [-0.15, -0.1) is 0 Å². The minimum atomic E-state index is 0.244. The van der Waals surface area contributed by atoms with E-state index in [1.54, 1.807) is 12.1 Å². The number of anilines is 3. The molecule has 0 fully saturated rings. The number of aryl methyl sites for hydroxylation is 3. The zero-order valence-corrected chi connectivity index (χ0v) is 34.9. The molecule has 5 heterocycles. The summed E-state index contributed by atoms with van der Waals surface area (Å²) in [5.74, 6) is 0.244. The molecule has 3 N–H and O–H groups in total. The average molecular weight is 780 g/mol. The summed E-state index contributed by atoms with van der Waals surface area (Å²) in [6.45, 7) is 6.80. The van der Waals surface area contributed by atoms with E-state index in [0.29, 0.717) is 0 Å². The van der Waals surface area contributed by atoms with Crippen molar-refractivity contribution in [1.29, 1.82) is 0 Å². The highest BCUT2D eigenvalue weighted by Gasteiger charge is 2.18. The molecule has 8 rings (SSSR count). The number of H-pyrrole nitrogens is 2. The van der Waals surface area contributed by atoms with Gasteiger partial charge in [0.25, 0.3) is 0 Å². The standard InChI is InChI=1S/C53H57N5O/c1-4-7-11-18-42-45-29-31-47(54-45)43(19-12-8-5-2)49-33-35-51(56-49)53(52-36-34-50(57-52)44(20-13-9-6-3)48-32-30-46(42)55-48)37-21-23-39(24-22-37)58(38-16-14-10-15-17-38)40-25-27-41(59)28-26-40/h10,14-17,21-36,54,57,59H,4-9,11-13,18-20H2,1-3H3. The fraction of sp³-hybridized carbons (Fsp3) is 0.283. The molecular weight excluding hydrogens is 723 g/mol. The summed E-state index contributed by atoms with van der Waals surface area (Å²) in [5, 5.41) is 10.1. The lowest BCUT2D eigenvalue weighted by molar-refractivity contribution is 0.475. The molecule has 0 unspecified atom stereocenters. The number of aromatic nitrogens is 4. The average Bonchev–Trinajstić information content (AvgIpc) is 4.11. The Morgan fingerprint density at radius 3 is 1.34 bits per heavy atom. The van der Waals surface area contributed by atoms with Gasteiger partial charge in [-0.2, -0.15) is 0 Å². The van der Waals surface area contributed by atoms with E-state index in [9.17, 15) is 5.11 Å². The molecule has 0 amide bonds. The summed E-state index contributed by atoms with van der Waals surface area (Å²) in [7, 11) is 0. The Morgan fingerprint density at radius 1 is 0.441 bits per heavy atom. The number of aromatic hydroxyl groups is 1. The van der Waals surface area contributed by atoms with Gasteiger partial charge in [-0.1, -0.05) is 89.6 Å². The second kappa shape index (κ2) is 18.6. The lowest BCUT2D eigenvalue weighted by atomic mass is 10.0. The molecule has 0 radical (unpaired) electrons. The molecule has 6 nitrogen and oxygen atoms in total. The summed E-state index contributed by atoms with van der Waals surface area (Å²) in [5.41, 5.74) is 17.5. The lowest BCUT2D eigenvalue weighted by Gasteiger charge is -2.25. The lowest BCUT2D eigenvalue weighted by Crippen LogP contribution is -2.09. The zero-order chi connectivity index (χ0) is 40.6. The van der Waals surface area contributed by atoms with Crippen molar-refractivity contribution in [2.45, 2.75) is 97.8 Å². The number of hydrogen-bond acceptors (Lipinski definition) is 4. The van der Waals surface area contributed by atoms with Crippen LogP contribution in [0.1, 0.15) is 118 Å². The second-order valence-electron chi connectivity index (χ2n) is 15.9. The molecule has 59 heavy (non-hydrogen) atoms. The Kier molecular flexibility index (Phi) is 12.5. The summed E-state index contributed by atoms with van der Waals surface area (Å²) in [4.78, 5) is 20.9. The molecule has 2 aliphatic rings. The van der Waals surface area contributed by atoms with Crippen LogP contribution in [0.4, 0.5) is 17.1 Å². The fourth-order valence-corrected chi connectivity index (χ4v) is 8.53. The molecule has 0 spiro atoms. The van der Waals surface area contributed by atoms with Gasteiger partial charge in [0.05, 0.1) is 22.8 Å². The fourth-order valence-electron chi connectivity index (χ4n) is 8.53. The number of hydrogen-bond donors (Lipinski definition) is 3. The topological polar surface area (TPSA) is 80.8 Å². The van der Waals surface area contributed by atoms with E-state index in [-0.39, 0.29) is 5.75 Å². The van der Waals surface area contributed by atoms with E-state index >= 15 is 0 Å². The minimum Gasteiger partial charge on any atom is -0.508 e. The van der Waals surface area contributed by atoms with Crippen molar-refractivity contribution >= 4 is 63.4 Å². The predicted molar refractivity (Wildman–Crippen MR) is 250 cm³/mol. The number of fused-ring (bicyclic) bond motifs is 8. The van der Waals surface area contributed by atoms with Crippen molar-refractivity contribution in [2.24, 2.45) is 0 Å². The quantitative estimate of drug-likeness (QED) is 0.0853. The molecule has 0 atom stereocenters. The Morgan fingerprint density at radius 2 is 0.847 bits per heavy atom. The van der Waals surface area contributed by atoms with Gasteiger partial charge >= 0.3 is 0 Å². The Balaban J connectivity index is 1.36. The third kappa shape index (κ3) is 8.83. The molecule has 0 saturated carbocycles. The van der Waals surface area contributed by atoms with Gasteiger partial charge in [0.1, 0.15) is 5.75 Å². The summed E-state index contributed by atoms with van der Waals surface area (Å²) in [6.07, 6.45) is 22.2. The first-order valence-electron chi connectivity index (χ1n) is 21.9. The van der Waals surface area contributed by atoms with Gasteiger partial charge in [0.15, 0.2) is 0 Å². The summed E-state index contributed by atoms with van der Waals surface area (Å²) >= 11 is 0. The minimum absolute atomic E-state index is 0.244. The van der Waals surface area contributed by atoms with Crippen molar-refractivity contribution in [1.82, 2.24) is 19.9 Å². The second-order valence-corrected chi connectivity index (χ2v) is 15.9. The van der Waals surface area contributed by atoms with Crippen LogP contribution >= 0.6 is 0 Å². The van der Waals surface area contributed by atoms with Gasteiger partial charge in [-0.3, -0.25) is 0 Å². The number of para-hydroxylation sites is 1. The van der Waals surface area contributed by atoms with Crippen molar-refractivity contribution in [2.75, 3.05) is 4.90 Å². The summed E-state index contributed by atoms with van der Waals surface area (Å²) in [6, 6.07) is 35.5. The molecule has 6 aromatic rings. The van der Waals surface area contributed by atoms with Gasteiger partial charge in [0, 0.05) is 61.4 Å². The summed E-state index contributed by atoms with van der Waals surface area (Å²) < 4.78 is 0. The highest BCUT2D eigenvalue weighted by molar-refractivity contribution is 5.93. The normalized spacial score (nSPS) is 12.1. The molecule has 3 aromatic carbocycles. The highest BCUT2D eigenvalue weighted by Crippen LogP contribution is 2.38. The maximum atomic E-state index is 10.1. The van der Waals surface area contributed by atoms with Crippen LogP contribution in [0.3, 0.4) is 0 Å². The number of nitrogens with zero attached hydrogens (tertiary/aromatic N) is 3. The monoisotopic (exact) mass is 779 g/mol. The highest BCUT2D eigenvalue weighted by atomic mass is 16.3. The number of rotatable bonds is 16. The third-order valence-electron chi connectivity index (χ3n) is 11.7.